The molecule has 1 amide bonds. The number of carbonyl (C=O) groups excluding carboxylic acids is 1. The van der Waals surface area contributed by atoms with Gasteiger partial charge < -0.3 is 19.1 Å². The average Bonchev–Trinajstić information content (AvgIpc) is 3.19. The minimum atomic E-state index is -0.0147. The Kier molecular flexibility index (Phi) is 4.45. The van der Waals surface area contributed by atoms with E-state index < -0.39 is 0 Å². The molecule has 2 aromatic heterocycles. The second-order valence-electron chi connectivity index (χ2n) is 5.76. The van der Waals surface area contributed by atoms with Gasteiger partial charge in [0.25, 0.3) is 0 Å². The summed E-state index contributed by atoms with van der Waals surface area (Å²) in [5.74, 6) is 1.58. The first-order valence-corrected chi connectivity index (χ1v) is 7.59. The summed E-state index contributed by atoms with van der Waals surface area (Å²) < 4.78 is 10.8. The summed E-state index contributed by atoms with van der Waals surface area (Å²) >= 11 is 0. The van der Waals surface area contributed by atoms with Gasteiger partial charge in [-0.15, -0.1) is 0 Å². The van der Waals surface area contributed by atoms with E-state index in [1.54, 1.807) is 12.3 Å². The van der Waals surface area contributed by atoms with E-state index in [1.165, 1.54) is 6.26 Å². The number of carbonyl (C=O) groups is 1. The molecular weight excluding hydrogens is 296 g/mol. The van der Waals surface area contributed by atoms with E-state index in [4.69, 9.17) is 9.26 Å². The Balaban J connectivity index is 1.59. The largest absolute Gasteiger partial charge is 0.485 e. The molecule has 1 atom stereocenters. The zero-order valence-electron chi connectivity index (χ0n) is 13.3. The van der Waals surface area contributed by atoms with Crippen molar-refractivity contribution in [3.8, 4) is 5.75 Å². The molecule has 1 fully saturated rings. The van der Waals surface area contributed by atoms with Crippen molar-refractivity contribution in [2.75, 3.05) is 32.1 Å². The molecule has 0 spiro atoms. The van der Waals surface area contributed by atoms with Crippen LogP contribution >= 0.6 is 0 Å². The van der Waals surface area contributed by atoms with Gasteiger partial charge in [0.1, 0.15) is 12.4 Å². The van der Waals surface area contributed by atoms with Gasteiger partial charge in [0.15, 0.2) is 11.6 Å². The van der Waals surface area contributed by atoms with E-state index >= 15 is 0 Å². The molecule has 0 saturated carbocycles. The molecule has 1 aliphatic heterocycles. The molecule has 122 valence electrons. The number of pyridine rings is 1. The lowest BCUT2D eigenvalue weighted by Gasteiger charge is -2.20. The molecule has 0 aliphatic carbocycles. The van der Waals surface area contributed by atoms with Crippen LogP contribution in [0.25, 0.3) is 0 Å². The summed E-state index contributed by atoms with van der Waals surface area (Å²) in [5, 5.41) is 3.78. The molecule has 0 aromatic carbocycles. The molecule has 3 rings (SSSR count). The quantitative estimate of drug-likeness (QED) is 0.829. The predicted octanol–water partition coefficient (Wildman–Crippen LogP) is 1.36. The first-order chi connectivity index (χ1) is 11.1. The molecule has 1 unspecified atom stereocenters. The first kappa shape index (κ1) is 15.3. The van der Waals surface area contributed by atoms with Crippen molar-refractivity contribution in [1.82, 2.24) is 15.0 Å². The number of nitrogens with zero attached hydrogens (tertiary/aromatic N) is 4. The zero-order valence-corrected chi connectivity index (χ0v) is 13.3. The maximum atomic E-state index is 12.3. The van der Waals surface area contributed by atoms with Gasteiger partial charge in [-0.1, -0.05) is 5.16 Å². The second-order valence-corrected chi connectivity index (χ2v) is 5.76. The monoisotopic (exact) mass is 316 g/mol. The Labute approximate surface area is 134 Å². The van der Waals surface area contributed by atoms with Crippen molar-refractivity contribution >= 4 is 11.7 Å². The van der Waals surface area contributed by atoms with Crippen LogP contribution in [-0.2, 0) is 11.2 Å². The fraction of sp³-hybridized carbons (Fsp3) is 0.438. The number of hydrogen-bond acceptors (Lipinski definition) is 6. The maximum Gasteiger partial charge on any atom is 0.228 e. The molecule has 23 heavy (non-hydrogen) atoms. The molecule has 0 bridgehead atoms. The van der Waals surface area contributed by atoms with E-state index in [1.807, 2.05) is 36.0 Å². The van der Waals surface area contributed by atoms with Crippen molar-refractivity contribution in [2.45, 2.75) is 18.9 Å². The van der Waals surface area contributed by atoms with Crippen LogP contribution in [0.5, 0.6) is 5.75 Å². The lowest BCUT2D eigenvalue weighted by molar-refractivity contribution is -0.129. The minimum Gasteiger partial charge on any atom is -0.485 e. The third-order valence-corrected chi connectivity index (χ3v) is 3.79. The molecule has 2 aromatic rings. The van der Waals surface area contributed by atoms with Crippen molar-refractivity contribution < 1.29 is 14.1 Å². The van der Waals surface area contributed by atoms with Crippen LogP contribution in [0, 0.1) is 0 Å². The molecule has 0 N–H and O–H groups in total. The van der Waals surface area contributed by atoms with E-state index in [0.717, 1.165) is 18.0 Å². The normalized spacial score (nSPS) is 17.3. The van der Waals surface area contributed by atoms with Gasteiger partial charge in [0.2, 0.25) is 5.91 Å². The summed E-state index contributed by atoms with van der Waals surface area (Å²) in [6.07, 6.45) is 4.28. The van der Waals surface area contributed by atoms with E-state index in [-0.39, 0.29) is 18.4 Å². The lowest BCUT2D eigenvalue weighted by Crippen LogP contribution is -2.32. The highest BCUT2D eigenvalue weighted by Crippen LogP contribution is 2.26. The van der Waals surface area contributed by atoms with Crippen LogP contribution in [0.1, 0.15) is 12.1 Å². The Hall–Kier alpha value is -2.57. The third-order valence-electron chi connectivity index (χ3n) is 3.79. The predicted molar refractivity (Wildman–Crippen MR) is 84.4 cm³/mol. The maximum absolute atomic E-state index is 12.3. The van der Waals surface area contributed by atoms with E-state index in [9.17, 15) is 4.79 Å². The number of ether oxygens (including phenoxy) is 1. The Morgan fingerprint density at radius 1 is 1.48 bits per heavy atom. The van der Waals surface area contributed by atoms with Gasteiger partial charge in [-0.3, -0.25) is 4.79 Å². The van der Waals surface area contributed by atoms with Gasteiger partial charge in [-0.05, 0) is 12.1 Å². The van der Waals surface area contributed by atoms with Crippen LogP contribution in [0.2, 0.25) is 0 Å². The number of aromatic nitrogens is 2. The zero-order chi connectivity index (χ0) is 16.2. The van der Waals surface area contributed by atoms with Gasteiger partial charge >= 0.3 is 0 Å². The highest BCUT2D eigenvalue weighted by Gasteiger charge is 2.28. The number of anilines is 1. The number of amides is 1. The lowest BCUT2D eigenvalue weighted by atomic mass is 10.3. The van der Waals surface area contributed by atoms with Gasteiger partial charge in [-0.25, -0.2) is 4.98 Å². The smallest absolute Gasteiger partial charge is 0.228 e. The highest BCUT2D eigenvalue weighted by molar-refractivity contribution is 5.78. The minimum absolute atomic E-state index is 0.0147. The topological polar surface area (TPSA) is 71.7 Å². The summed E-state index contributed by atoms with van der Waals surface area (Å²) in [4.78, 5) is 20.3. The van der Waals surface area contributed by atoms with Crippen LogP contribution in [0.4, 0.5) is 5.82 Å². The molecule has 7 heteroatoms. The van der Waals surface area contributed by atoms with Crippen LogP contribution in [0.15, 0.2) is 35.2 Å². The molecular formula is C16H20N4O3. The summed E-state index contributed by atoms with van der Waals surface area (Å²) in [5.41, 5.74) is 0.654. The van der Waals surface area contributed by atoms with Crippen molar-refractivity contribution in [3.05, 3.63) is 36.4 Å². The van der Waals surface area contributed by atoms with Crippen LogP contribution in [0.3, 0.4) is 0 Å². The van der Waals surface area contributed by atoms with Gasteiger partial charge in [0, 0.05) is 39.3 Å². The van der Waals surface area contributed by atoms with Crippen molar-refractivity contribution in [1.29, 1.82) is 0 Å². The Morgan fingerprint density at radius 2 is 2.35 bits per heavy atom. The third kappa shape index (κ3) is 3.61. The van der Waals surface area contributed by atoms with Crippen LogP contribution < -0.4 is 9.64 Å². The fourth-order valence-corrected chi connectivity index (χ4v) is 2.64. The first-order valence-electron chi connectivity index (χ1n) is 7.59. The Bertz CT molecular complexity index is 657. The van der Waals surface area contributed by atoms with Crippen LogP contribution in [-0.4, -0.2) is 54.2 Å². The molecule has 0 radical (unpaired) electrons. The van der Waals surface area contributed by atoms with Crippen molar-refractivity contribution in [2.24, 2.45) is 0 Å². The molecule has 7 nitrogen and oxygen atoms in total. The van der Waals surface area contributed by atoms with Gasteiger partial charge in [-0.2, -0.15) is 0 Å². The summed E-state index contributed by atoms with van der Waals surface area (Å²) in [6, 6.07) is 5.47. The summed E-state index contributed by atoms with van der Waals surface area (Å²) in [6.45, 7) is 1.28. The van der Waals surface area contributed by atoms with Gasteiger partial charge in [0.05, 0.1) is 18.7 Å². The number of likely N-dealkylation sites (tertiary alicyclic amines) is 1. The summed E-state index contributed by atoms with van der Waals surface area (Å²) in [7, 11) is 3.86. The standard InChI is InChI=1S/C16H20N4O3/c1-19(2)16-14(4-3-7-17-16)23-13-5-8-20(11-13)15(21)10-12-6-9-22-18-12/h3-4,6-7,9,13H,5,8,10-11H2,1-2H3. The second kappa shape index (κ2) is 6.68. The molecule has 1 saturated heterocycles. The number of rotatable bonds is 5. The number of hydrogen-bond donors (Lipinski definition) is 0. The van der Waals surface area contributed by atoms with Crippen molar-refractivity contribution in [3.63, 3.8) is 0 Å². The fourth-order valence-electron chi connectivity index (χ4n) is 2.64. The average molecular weight is 316 g/mol. The SMILES string of the molecule is CN(C)c1ncccc1OC1CCN(C(=O)Cc2ccon2)C1. The molecule has 3 heterocycles. The Morgan fingerprint density at radius 3 is 3.09 bits per heavy atom. The van der Waals surface area contributed by atoms with E-state index in [0.29, 0.717) is 18.8 Å². The molecule has 1 aliphatic rings. The highest BCUT2D eigenvalue weighted by atomic mass is 16.5. The van der Waals surface area contributed by atoms with E-state index in [2.05, 4.69) is 10.1 Å².